The van der Waals surface area contributed by atoms with Crippen LogP contribution in [0.4, 0.5) is 10.1 Å². The lowest BCUT2D eigenvalue weighted by Crippen LogP contribution is -2.27. The zero-order valence-corrected chi connectivity index (χ0v) is 13.6. The number of nitrogens with zero attached hydrogens (tertiary/aromatic N) is 3. The van der Waals surface area contributed by atoms with Crippen LogP contribution in [0.5, 0.6) is 0 Å². The van der Waals surface area contributed by atoms with Crippen LogP contribution in [-0.2, 0) is 17.8 Å². The maximum Gasteiger partial charge on any atom is 0.228 e. The van der Waals surface area contributed by atoms with Crippen molar-refractivity contribution in [3.05, 3.63) is 48.0 Å². The van der Waals surface area contributed by atoms with Crippen LogP contribution in [0.1, 0.15) is 19.4 Å². The van der Waals surface area contributed by atoms with Gasteiger partial charge in [-0.05, 0) is 24.7 Å². The quantitative estimate of drug-likeness (QED) is 0.814. The SMILES string of the molecule is CCN(CC)CCn1cc(NC(=O)Cc2ccccc2F)cn1. The standard InChI is InChI=1S/C17H23FN4O/c1-3-21(4-2)9-10-22-13-15(12-19-22)20-17(23)11-14-7-5-6-8-16(14)18/h5-8,12-13H,3-4,9-11H2,1-2H3,(H,20,23). The van der Waals surface area contributed by atoms with Gasteiger partial charge in [-0.15, -0.1) is 0 Å². The molecule has 0 atom stereocenters. The highest BCUT2D eigenvalue weighted by Crippen LogP contribution is 2.10. The maximum atomic E-state index is 13.5. The molecule has 0 saturated heterocycles. The predicted molar refractivity (Wildman–Crippen MR) is 88.7 cm³/mol. The number of nitrogens with one attached hydrogen (secondary N) is 1. The highest BCUT2D eigenvalue weighted by molar-refractivity contribution is 5.92. The van der Waals surface area contributed by atoms with Gasteiger partial charge in [-0.3, -0.25) is 9.48 Å². The molecule has 0 aliphatic heterocycles. The molecule has 23 heavy (non-hydrogen) atoms. The van der Waals surface area contributed by atoms with Crippen LogP contribution >= 0.6 is 0 Å². The fourth-order valence-corrected chi connectivity index (χ4v) is 2.35. The second kappa shape index (κ2) is 8.43. The van der Waals surface area contributed by atoms with Crippen molar-refractivity contribution >= 4 is 11.6 Å². The van der Waals surface area contributed by atoms with Crippen molar-refractivity contribution in [2.75, 3.05) is 25.0 Å². The van der Waals surface area contributed by atoms with Crippen LogP contribution < -0.4 is 5.32 Å². The van der Waals surface area contributed by atoms with E-state index >= 15 is 0 Å². The van der Waals surface area contributed by atoms with Crippen LogP contribution in [0.2, 0.25) is 0 Å². The fraction of sp³-hybridized carbons (Fsp3) is 0.412. The summed E-state index contributed by atoms with van der Waals surface area (Å²) >= 11 is 0. The number of amides is 1. The molecule has 0 bridgehead atoms. The molecule has 5 nitrogen and oxygen atoms in total. The van der Waals surface area contributed by atoms with E-state index < -0.39 is 0 Å². The van der Waals surface area contributed by atoms with Gasteiger partial charge in [0.05, 0.1) is 24.8 Å². The Labute approximate surface area is 136 Å². The molecule has 1 aromatic carbocycles. The first-order chi connectivity index (χ1) is 11.1. The highest BCUT2D eigenvalue weighted by atomic mass is 19.1. The number of hydrogen-bond acceptors (Lipinski definition) is 3. The lowest BCUT2D eigenvalue weighted by Gasteiger charge is -2.17. The van der Waals surface area contributed by atoms with Gasteiger partial charge in [-0.2, -0.15) is 5.10 Å². The molecule has 0 saturated carbocycles. The van der Waals surface area contributed by atoms with E-state index in [0.29, 0.717) is 11.3 Å². The zero-order valence-electron chi connectivity index (χ0n) is 13.6. The first kappa shape index (κ1) is 17.1. The summed E-state index contributed by atoms with van der Waals surface area (Å²) in [7, 11) is 0. The third kappa shape index (κ3) is 5.17. The van der Waals surface area contributed by atoms with Gasteiger partial charge >= 0.3 is 0 Å². The third-order valence-corrected chi connectivity index (χ3v) is 3.77. The molecule has 1 N–H and O–H groups in total. The Bertz CT molecular complexity index is 637. The Morgan fingerprint density at radius 2 is 2.04 bits per heavy atom. The average molecular weight is 318 g/mol. The first-order valence-electron chi connectivity index (χ1n) is 7.90. The summed E-state index contributed by atoms with van der Waals surface area (Å²) in [5.74, 6) is -0.615. The normalized spacial score (nSPS) is 11.0. The van der Waals surface area contributed by atoms with E-state index in [-0.39, 0.29) is 18.1 Å². The third-order valence-electron chi connectivity index (χ3n) is 3.77. The van der Waals surface area contributed by atoms with E-state index in [2.05, 4.69) is 29.2 Å². The van der Waals surface area contributed by atoms with Crippen LogP contribution in [0.25, 0.3) is 0 Å². The highest BCUT2D eigenvalue weighted by Gasteiger charge is 2.09. The van der Waals surface area contributed by atoms with E-state index in [1.54, 1.807) is 35.3 Å². The van der Waals surface area contributed by atoms with E-state index in [4.69, 9.17) is 0 Å². The van der Waals surface area contributed by atoms with E-state index in [9.17, 15) is 9.18 Å². The van der Waals surface area contributed by atoms with Crippen molar-refractivity contribution in [3.8, 4) is 0 Å². The number of benzene rings is 1. The molecule has 1 amide bonds. The van der Waals surface area contributed by atoms with Gasteiger partial charge in [0.2, 0.25) is 5.91 Å². The molecule has 6 heteroatoms. The van der Waals surface area contributed by atoms with Gasteiger partial charge in [-0.1, -0.05) is 32.0 Å². The van der Waals surface area contributed by atoms with Gasteiger partial charge in [0.25, 0.3) is 0 Å². The summed E-state index contributed by atoms with van der Waals surface area (Å²) < 4.78 is 15.3. The Balaban J connectivity index is 1.86. The first-order valence-corrected chi connectivity index (χ1v) is 7.90. The number of aromatic nitrogens is 2. The molecular formula is C17H23FN4O. The minimum atomic E-state index is -0.363. The van der Waals surface area contributed by atoms with Crippen molar-refractivity contribution in [1.82, 2.24) is 14.7 Å². The molecule has 0 unspecified atom stereocenters. The van der Waals surface area contributed by atoms with E-state index in [1.807, 2.05) is 0 Å². The zero-order chi connectivity index (χ0) is 16.7. The van der Waals surface area contributed by atoms with Crippen molar-refractivity contribution < 1.29 is 9.18 Å². The molecule has 2 rings (SSSR count). The number of rotatable bonds is 8. The summed E-state index contributed by atoms with van der Waals surface area (Å²) in [5, 5.41) is 6.99. The Morgan fingerprint density at radius 1 is 1.30 bits per heavy atom. The number of anilines is 1. The number of carbonyl (C=O) groups is 1. The molecule has 124 valence electrons. The molecule has 0 aliphatic carbocycles. The Kier molecular flexibility index (Phi) is 6.29. The minimum Gasteiger partial charge on any atom is -0.323 e. The monoisotopic (exact) mass is 318 g/mol. The van der Waals surface area contributed by atoms with E-state index in [1.165, 1.54) is 6.07 Å². The number of halogens is 1. The van der Waals surface area contributed by atoms with Crippen LogP contribution in [0.15, 0.2) is 36.7 Å². The van der Waals surface area contributed by atoms with Crippen LogP contribution in [0, 0.1) is 5.82 Å². The maximum absolute atomic E-state index is 13.5. The molecule has 1 heterocycles. The average Bonchev–Trinajstić information content (AvgIpc) is 2.98. The molecule has 0 aliphatic rings. The molecule has 0 spiro atoms. The molecule has 1 aromatic heterocycles. The van der Waals surface area contributed by atoms with Crippen LogP contribution in [-0.4, -0.2) is 40.2 Å². The number of carbonyl (C=O) groups excluding carboxylic acids is 1. The van der Waals surface area contributed by atoms with E-state index in [0.717, 1.165) is 26.2 Å². The summed E-state index contributed by atoms with van der Waals surface area (Å²) in [6, 6.07) is 6.30. The largest absolute Gasteiger partial charge is 0.323 e. The topological polar surface area (TPSA) is 50.2 Å². The van der Waals surface area contributed by atoms with Gasteiger partial charge in [0, 0.05) is 12.7 Å². The van der Waals surface area contributed by atoms with Crippen LogP contribution in [0.3, 0.4) is 0 Å². The molecule has 0 radical (unpaired) electrons. The minimum absolute atomic E-state index is 0.0112. The van der Waals surface area contributed by atoms with Crippen molar-refractivity contribution in [2.45, 2.75) is 26.8 Å². The molecular weight excluding hydrogens is 295 g/mol. The number of hydrogen-bond donors (Lipinski definition) is 1. The second-order valence-corrected chi connectivity index (χ2v) is 5.34. The molecule has 0 fully saturated rings. The van der Waals surface area contributed by atoms with Crippen molar-refractivity contribution in [2.24, 2.45) is 0 Å². The Morgan fingerprint density at radius 3 is 2.74 bits per heavy atom. The lowest BCUT2D eigenvalue weighted by molar-refractivity contribution is -0.115. The van der Waals surface area contributed by atoms with Gasteiger partial charge < -0.3 is 10.2 Å². The summed E-state index contributed by atoms with van der Waals surface area (Å²) in [6.07, 6.45) is 3.42. The van der Waals surface area contributed by atoms with Crippen molar-refractivity contribution in [3.63, 3.8) is 0 Å². The van der Waals surface area contributed by atoms with Gasteiger partial charge in [0.15, 0.2) is 0 Å². The molecule has 2 aromatic rings. The summed E-state index contributed by atoms with van der Waals surface area (Å²) in [5.41, 5.74) is 1.02. The summed E-state index contributed by atoms with van der Waals surface area (Å²) in [6.45, 7) is 7.94. The number of likely N-dealkylation sites (N-methyl/N-ethyl adjacent to an activating group) is 1. The predicted octanol–water partition coefficient (Wildman–Crippen LogP) is 2.55. The summed E-state index contributed by atoms with van der Waals surface area (Å²) in [4.78, 5) is 14.3. The van der Waals surface area contributed by atoms with Gasteiger partial charge in [0.1, 0.15) is 5.82 Å². The Hall–Kier alpha value is -2.21. The smallest absolute Gasteiger partial charge is 0.228 e. The fourth-order valence-electron chi connectivity index (χ4n) is 2.35. The second-order valence-electron chi connectivity index (χ2n) is 5.34. The van der Waals surface area contributed by atoms with Crippen molar-refractivity contribution in [1.29, 1.82) is 0 Å². The van der Waals surface area contributed by atoms with Gasteiger partial charge in [-0.25, -0.2) is 4.39 Å². The lowest BCUT2D eigenvalue weighted by atomic mass is 10.1.